The van der Waals surface area contributed by atoms with Crippen LogP contribution in [0, 0.1) is 11.8 Å². The van der Waals surface area contributed by atoms with Gasteiger partial charge in [-0.05, 0) is 97.6 Å². The van der Waals surface area contributed by atoms with Crippen LogP contribution in [0.5, 0.6) is 23.0 Å². The van der Waals surface area contributed by atoms with Gasteiger partial charge in [-0.2, -0.15) is 0 Å². The van der Waals surface area contributed by atoms with Crippen LogP contribution in [0.25, 0.3) is 0 Å². The van der Waals surface area contributed by atoms with E-state index >= 15 is 0 Å². The van der Waals surface area contributed by atoms with Gasteiger partial charge in [0.15, 0.2) is 0 Å². The molecule has 0 amide bonds. The quantitative estimate of drug-likeness (QED) is 0.239. The van der Waals surface area contributed by atoms with Crippen LogP contribution in [0.15, 0.2) is 24.3 Å². The van der Waals surface area contributed by atoms with Gasteiger partial charge in [0, 0.05) is 11.1 Å². The maximum Gasteiger partial charge on any atom is 0.123 e. The second-order valence-electron chi connectivity index (χ2n) is 13.0. The summed E-state index contributed by atoms with van der Waals surface area (Å²) in [7, 11) is 0. The molecule has 230 valence electrons. The fourth-order valence-electron chi connectivity index (χ4n) is 6.95. The zero-order chi connectivity index (χ0) is 29.9. The van der Waals surface area contributed by atoms with Gasteiger partial charge >= 0.3 is 0 Å². The summed E-state index contributed by atoms with van der Waals surface area (Å²) in [5.74, 6) is 1.20. The Hall–Kier alpha value is -2.40. The van der Waals surface area contributed by atoms with E-state index in [1.807, 2.05) is 19.1 Å². The molecule has 0 unspecified atom stereocenters. The maximum atomic E-state index is 11.1. The van der Waals surface area contributed by atoms with E-state index in [2.05, 4.69) is 20.8 Å². The van der Waals surface area contributed by atoms with E-state index in [9.17, 15) is 25.5 Å². The van der Waals surface area contributed by atoms with E-state index in [0.717, 1.165) is 102 Å². The van der Waals surface area contributed by atoms with E-state index in [4.69, 9.17) is 0 Å². The van der Waals surface area contributed by atoms with Crippen LogP contribution < -0.4 is 0 Å². The zero-order valence-corrected chi connectivity index (χ0v) is 26.0. The summed E-state index contributed by atoms with van der Waals surface area (Å²) in [6.45, 7) is 8.56. The minimum Gasteiger partial charge on any atom is -0.508 e. The molecule has 5 heteroatoms. The van der Waals surface area contributed by atoms with Crippen molar-refractivity contribution in [3.05, 3.63) is 46.5 Å². The third-order valence-corrected chi connectivity index (χ3v) is 9.41. The number of unbranched alkanes of at least 4 members (excludes halogenated alkanes) is 2. The normalized spacial score (nSPS) is 25.0. The van der Waals surface area contributed by atoms with Crippen LogP contribution in [0.3, 0.4) is 0 Å². The van der Waals surface area contributed by atoms with Gasteiger partial charge in [0.2, 0.25) is 0 Å². The topological polar surface area (TPSA) is 101 Å². The molecule has 6 rings (SSSR count). The van der Waals surface area contributed by atoms with E-state index in [1.165, 1.54) is 0 Å². The van der Waals surface area contributed by atoms with Gasteiger partial charge in [-0.25, -0.2) is 0 Å². The summed E-state index contributed by atoms with van der Waals surface area (Å²) in [5, 5.41) is 55.3. The first-order chi connectivity index (χ1) is 19.7. The first kappa shape index (κ1) is 33.1. The van der Waals surface area contributed by atoms with Gasteiger partial charge in [-0.15, -0.1) is 0 Å². The van der Waals surface area contributed by atoms with Gasteiger partial charge in [0.05, 0.1) is 6.10 Å². The minimum absolute atomic E-state index is 0.0365. The number of aliphatic hydroxyl groups is 1. The summed E-state index contributed by atoms with van der Waals surface area (Å²) in [6.07, 6.45) is 13.5. The predicted octanol–water partition coefficient (Wildman–Crippen LogP) is 9.74. The molecule has 41 heavy (non-hydrogen) atoms. The molecule has 0 radical (unpaired) electrons. The predicted molar refractivity (Wildman–Crippen MR) is 168 cm³/mol. The number of hydrogen-bond donors (Lipinski definition) is 5. The third kappa shape index (κ3) is 9.30. The van der Waals surface area contributed by atoms with E-state index < -0.39 is 6.10 Å². The van der Waals surface area contributed by atoms with Crippen molar-refractivity contribution in [2.24, 2.45) is 11.8 Å². The van der Waals surface area contributed by atoms with E-state index in [-0.39, 0.29) is 40.8 Å². The number of benzene rings is 2. The van der Waals surface area contributed by atoms with Gasteiger partial charge in [-0.1, -0.05) is 85.5 Å². The lowest BCUT2D eigenvalue weighted by atomic mass is 9.83. The number of phenolic OH excluding ortho intramolecular Hbond substituents is 4. The molecule has 0 fully saturated rings. The van der Waals surface area contributed by atoms with Crippen LogP contribution >= 0.6 is 0 Å². The largest absolute Gasteiger partial charge is 0.508 e. The molecule has 2 aromatic rings. The number of rotatable bonds is 6. The Morgan fingerprint density at radius 3 is 1.56 bits per heavy atom. The SMILES string of the molecule is CCCC[C@H]1CCCC[C@H](C)Cc2cc(O)c(c(O)c2)[C@@H](CCCC)CCCC[C@H](C)[C@@H](O)c2cc(O)c1c(O)c2. The van der Waals surface area contributed by atoms with Gasteiger partial charge in [-0.3, -0.25) is 0 Å². The van der Waals surface area contributed by atoms with E-state index in [0.29, 0.717) is 22.6 Å². The van der Waals surface area contributed by atoms with Gasteiger partial charge in [0.1, 0.15) is 23.0 Å². The van der Waals surface area contributed by atoms with Crippen molar-refractivity contribution in [2.45, 2.75) is 142 Å². The molecule has 0 heterocycles. The molecular weight excluding hydrogens is 512 g/mol. The summed E-state index contributed by atoms with van der Waals surface area (Å²) < 4.78 is 0. The Morgan fingerprint density at radius 2 is 1.07 bits per heavy atom. The molecular formula is C36H56O5. The number of aromatic hydroxyl groups is 4. The monoisotopic (exact) mass is 568 g/mol. The smallest absolute Gasteiger partial charge is 0.123 e. The van der Waals surface area contributed by atoms with Gasteiger partial charge < -0.3 is 25.5 Å². The van der Waals surface area contributed by atoms with E-state index in [1.54, 1.807) is 12.1 Å². The first-order valence-electron chi connectivity index (χ1n) is 16.4. The summed E-state index contributed by atoms with van der Waals surface area (Å²) >= 11 is 0. The van der Waals surface area contributed by atoms with Crippen molar-refractivity contribution in [3.8, 4) is 23.0 Å². The fraction of sp³-hybridized carbons (Fsp3) is 0.667. The molecule has 5 N–H and O–H groups in total. The Bertz CT molecular complexity index is 1030. The van der Waals surface area contributed by atoms with Crippen molar-refractivity contribution in [1.29, 1.82) is 0 Å². The van der Waals surface area contributed by atoms with Crippen molar-refractivity contribution in [1.82, 2.24) is 0 Å². The molecule has 0 saturated heterocycles. The van der Waals surface area contributed by atoms with Crippen LogP contribution in [0.1, 0.15) is 158 Å². The molecule has 4 bridgehead atoms. The van der Waals surface area contributed by atoms with Gasteiger partial charge in [0.25, 0.3) is 0 Å². The minimum atomic E-state index is -0.772. The molecule has 2 aromatic carbocycles. The summed E-state index contributed by atoms with van der Waals surface area (Å²) in [5.41, 5.74) is 2.86. The van der Waals surface area contributed by atoms with Crippen LogP contribution in [0.4, 0.5) is 0 Å². The summed E-state index contributed by atoms with van der Waals surface area (Å²) in [4.78, 5) is 0. The Labute approximate surface area is 248 Å². The molecule has 0 saturated carbocycles. The highest BCUT2D eigenvalue weighted by Crippen LogP contribution is 2.44. The van der Waals surface area contributed by atoms with Crippen molar-refractivity contribution < 1.29 is 25.5 Å². The lowest BCUT2D eigenvalue weighted by Crippen LogP contribution is -2.11. The molecule has 5 nitrogen and oxygen atoms in total. The maximum absolute atomic E-state index is 11.1. The first-order valence-corrected chi connectivity index (χ1v) is 16.4. The van der Waals surface area contributed by atoms with Crippen molar-refractivity contribution in [2.75, 3.05) is 0 Å². The average Bonchev–Trinajstić information content (AvgIpc) is 2.92. The number of aliphatic hydroxyl groups excluding tert-OH is 1. The zero-order valence-electron chi connectivity index (χ0n) is 26.0. The molecule has 0 aromatic heterocycles. The number of phenols is 4. The standard InChI is InChI=1S/C36H56O5/c1-5-7-15-27-18-12-10-14-25(4)36(41)29-22-32(39)35(33(40)23-29)28(16-8-6-2)17-11-9-13-24(3)19-26-20-30(37)34(27)31(38)21-26/h20-25,27-28,36-41H,5-19H2,1-4H3/t24-,25-,27-,28-,36+/m0/s1. The Balaban J connectivity index is 1.88. The third-order valence-electron chi connectivity index (χ3n) is 9.41. The fourth-order valence-corrected chi connectivity index (χ4v) is 6.95. The molecule has 5 atom stereocenters. The van der Waals surface area contributed by atoms with Crippen LogP contribution in [-0.2, 0) is 6.42 Å². The highest BCUT2D eigenvalue weighted by atomic mass is 16.3. The lowest BCUT2D eigenvalue weighted by Gasteiger charge is -2.24. The summed E-state index contributed by atoms with van der Waals surface area (Å²) in [6, 6.07) is 7.06. The lowest BCUT2D eigenvalue weighted by molar-refractivity contribution is 0.110. The Morgan fingerprint density at radius 1 is 0.634 bits per heavy atom. The van der Waals surface area contributed by atoms with Crippen molar-refractivity contribution in [3.63, 3.8) is 0 Å². The second kappa shape index (κ2) is 16.3. The number of hydrogen-bond acceptors (Lipinski definition) is 5. The van der Waals surface area contributed by atoms with Crippen LogP contribution in [0.2, 0.25) is 0 Å². The molecule has 4 aliphatic rings. The second-order valence-corrected chi connectivity index (χ2v) is 13.0. The van der Waals surface area contributed by atoms with Crippen LogP contribution in [-0.4, -0.2) is 25.5 Å². The molecule has 0 spiro atoms. The highest BCUT2D eigenvalue weighted by molar-refractivity contribution is 5.50. The molecule has 0 aliphatic heterocycles. The van der Waals surface area contributed by atoms with Crippen molar-refractivity contribution >= 4 is 0 Å². The average molecular weight is 569 g/mol. The highest BCUT2D eigenvalue weighted by Gasteiger charge is 2.25. The Kier molecular flexibility index (Phi) is 13.2. The molecule has 4 aliphatic carbocycles.